The maximum absolute atomic E-state index is 14.2. The highest BCUT2D eigenvalue weighted by atomic mass is 32.1. The summed E-state index contributed by atoms with van der Waals surface area (Å²) in [6.07, 6.45) is 0. The van der Waals surface area contributed by atoms with Gasteiger partial charge in [0.05, 0.1) is 11.2 Å². The smallest absolute Gasteiger partial charge is 0.267 e. The molecule has 8 heteroatoms. The molecule has 2 aromatic carbocycles. The van der Waals surface area contributed by atoms with Crippen LogP contribution in [0.1, 0.15) is 22.8 Å². The third-order valence-electron chi connectivity index (χ3n) is 4.63. The van der Waals surface area contributed by atoms with Gasteiger partial charge < -0.3 is 14.6 Å². The van der Waals surface area contributed by atoms with E-state index in [1.165, 1.54) is 11.6 Å². The standard InChI is InChI=1S/C20H18F2N2O3S/c1-3-24(14-8-7-12(21)9-13(14)22)20(27)17-18(25)16-11(10-28)5-4-6-15(16)23(2)19(17)26/h4-9,25,28H,3,10H2,1-2H3. The van der Waals surface area contributed by atoms with Crippen LogP contribution < -0.4 is 10.5 Å². The zero-order chi connectivity index (χ0) is 20.6. The van der Waals surface area contributed by atoms with E-state index in [-0.39, 0.29) is 18.0 Å². The summed E-state index contributed by atoms with van der Waals surface area (Å²) < 4.78 is 28.7. The zero-order valence-corrected chi connectivity index (χ0v) is 16.1. The summed E-state index contributed by atoms with van der Waals surface area (Å²) in [6, 6.07) is 7.89. The number of carbonyl (C=O) groups is 1. The summed E-state index contributed by atoms with van der Waals surface area (Å²) in [7, 11) is 1.48. The Bertz CT molecular complexity index is 1140. The molecule has 0 saturated heterocycles. The summed E-state index contributed by atoms with van der Waals surface area (Å²) in [4.78, 5) is 26.9. The van der Waals surface area contributed by atoms with Crippen molar-refractivity contribution in [2.24, 2.45) is 7.05 Å². The highest BCUT2D eigenvalue weighted by molar-refractivity contribution is 7.79. The number of thiol groups is 1. The highest BCUT2D eigenvalue weighted by Crippen LogP contribution is 2.32. The summed E-state index contributed by atoms with van der Waals surface area (Å²) >= 11 is 4.24. The van der Waals surface area contributed by atoms with Gasteiger partial charge in [0.15, 0.2) is 0 Å². The number of amides is 1. The number of aromatic nitrogens is 1. The van der Waals surface area contributed by atoms with Crippen LogP contribution in [-0.4, -0.2) is 22.1 Å². The Morgan fingerprint density at radius 3 is 2.57 bits per heavy atom. The topological polar surface area (TPSA) is 62.5 Å². The van der Waals surface area contributed by atoms with Gasteiger partial charge in [-0.1, -0.05) is 12.1 Å². The van der Waals surface area contributed by atoms with E-state index in [1.54, 1.807) is 25.1 Å². The molecule has 0 aliphatic rings. The fourth-order valence-corrected chi connectivity index (χ4v) is 3.49. The van der Waals surface area contributed by atoms with Crippen LogP contribution in [-0.2, 0) is 12.8 Å². The average Bonchev–Trinajstić information content (AvgIpc) is 2.67. The Hall–Kier alpha value is -2.87. The van der Waals surface area contributed by atoms with Crippen LogP contribution in [0.3, 0.4) is 0 Å². The van der Waals surface area contributed by atoms with Crippen LogP contribution in [0.15, 0.2) is 41.2 Å². The van der Waals surface area contributed by atoms with Crippen molar-refractivity contribution in [3.63, 3.8) is 0 Å². The molecule has 0 saturated carbocycles. The third kappa shape index (κ3) is 3.13. The van der Waals surface area contributed by atoms with E-state index in [1.807, 2.05) is 0 Å². The Morgan fingerprint density at radius 1 is 1.25 bits per heavy atom. The van der Waals surface area contributed by atoms with Gasteiger partial charge in [0, 0.05) is 30.8 Å². The molecule has 1 aromatic heterocycles. The van der Waals surface area contributed by atoms with Crippen LogP contribution in [0.5, 0.6) is 5.75 Å². The lowest BCUT2D eigenvalue weighted by Gasteiger charge is -2.23. The van der Waals surface area contributed by atoms with Crippen LogP contribution >= 0.6 is 12.6 Å². The quantitative estimate of drug-likeness (QED) is 0.653. The molecule has 0 radical (unpaired) electrons. The van der Waals surface area contributed by atoms with Crippen molar-refractivity contribution >= 4 is 35.1 Å². The van der Waals surface area contributed by atoms with E-state index in [0.29, 0.717) is 22.5 Å². The molecule has 3 rings (SSSR count). The third-order valence-corrected chi connectivity index (χ3v) is 4.97. The molecule has 28 heavy (non-hydrogen) atoms. The number of carbonyl (C=O) groups excluding carboxylic acids is 1. The summed E-state index contributed by atoms with van der Waals surface area (Å²) in [5.74, 6) is -2.80. The first-order valence-electron chi connectivity index (χ1n) is 8.53. The number of rotatable bonds is 4. The largest absolute Gasteiger partial charge is 0.506 e. The molecule has 0 bridgehead atoms. The SMILES string of the molecule is CCN(C(=O)c1c(O)c2c(CS)cccc2n(C)c1=O)c1ccc(F)cc1F. The predicted octanol–water partition coefficient (Wildman–Crippen LogP) is 3.62. The van der Waals surface area contributed by atoms with Crippen molar-refractivity contribution in [3.8, 4) is 5.75 Å². The number of fused-ring (bicyclic) bond motifs is 1. The Labute approximate surface area is 165 Å². The minimum atomic E-state index is -0.941. The van der Waals surface area contributed by atoms with Crippen LogP contribution in [0.4, 0.5) is 14.5 Å². The molecule has 0 spiro atoms. The molecular formula is C20H18F2N2O3S. The van der Waals surface area contributed by atoms with Gasteiger partial charge in [-0.05, 0) is 30.7 Å². The molecule has 0 atom stereocenters. The van der Waals surface area contributed by atoms with Gasteiger partial charge in [0.2, 0.25) is 0 Å². The predicted molar refractivity (Wildman–Crippen MR) is 107 cm³/mol. The summed E-state index contributed by atoms with van der Waals surface area (Å²) in [5.41, 5.74) is -0.291. The van der Waals surface area contributed by atoms with E-state index in [2.05, 4.69) is 12.6 Å². The van der Waals surface area contributed by atoms with Gasteiger partial charge in [-0.3, -0.25) is 9.59 Å². The second-order valence-corrected chi connectivity index (χ2v) is 6.52. The van der Waals surface area contributed by atoms with Crippen LogP contribution in [0.25, 0.3) is 10.9 Å². The first-order valence-corrected chi connectivity index (χ1v) is 9.16. The number of anilines is 1. The number of aryl methyl sites for hydroxylation is 1. The van der Waals surface area contributed by atoms with Gasteiger partial charge in [0.25, 0.3) is 11.5 Å². The fraction of sp³-hybridized carbons (Fsp3) is 0.200. The summed E-state index contributed by atoms with van der Waals surface area (Å²) in [6.45, 7) is 1.60. The second kappa shape index (κ2) is 7.63. The Kier molecular flexibility index (Phi) is 5.42. The molecule has 0 unspecified atom stereocenters. The van der Waals surface area contributed by atoms with E-state index in [9.17, 15) is 23.5 Å². The lowest BCUT2D eigenvalue weighted by atomic mass is 10.0. The van der Waals surface area contributed by atoms with E-state index in [0.717, 1.165) is 17.0 Å². The van der Waals surface area contributed by atoms with Crippen molar-refractivity contribution in [2.75, 3.05) is 11.4 Å². The second-order valence-electron chi connectivity index (χ2n) is 6.20. The van der Waals surface area contributed by atoms with Crippen LogP contribution in [0.2, 0.25) is 0 Å². The van der Waals surface area contributed by atoms with Gasteiger partial charge in [-0.25, -0.2) is 8.78 Å². The van der Waals surface area contributed by atoms with Crippen molar-refractivity contribution in [1.82, 2.24) is 4.57 Å². The minimum Gasteiger partial charge on any atom is -0.506 e. The molecule has 0 aliphatic carbocycles. The number of pyridine rings is 1. The van der Waals surface area contributed by atoms with Crippen molar-refractivity contribution in [1.29, 1.82) is 0 Å². The van der Waals surface area contributed by atoms with Crippen LogP contribution in [0, 0.1) is 11.6 Å². The van der Waals surface area contributed by atoms with E-state index < -0.39 is 34.4 Å². The van der Waals surface area contributed by atoms with Crippen molar-refractivity contribution in [2.45, 2.75) is 12.7 Å². The monoisotopic (exact) mass is 404 g/mol. The van der Waals surface area contributed by atoms with Gasteiger partial charge in [-0.15, -0.1) is 0 Å². The Morgan fingerprint density at radius 2 is 1.96 bits per heavy atom. The number of hydrogen-bond acceptors (Lipinski definition) is 4. The molecule has 3 aromatic rings. The molecule has 0 aliphatic heterocycles. The minimum absolute atomic E-state index is 0.0102. The molecule has 1 heterocycles. The molecule has 5 nitrogen and oxygen atoms in total. The number of hydrogen-bond donors (Lipinski definition) is 2. The molecular weight excluding hydrogens is 386 g/mol. The number of benzene rings is 2. The zero-order valence-electron chi connectivity index (χ0n) is 15.2. The maximum atomic E-state index is 14.2. The molecule has 0 fully saturated rings. The van der Waals surface area contributed by atoms with Gasteiger partial charge in [0.1, 0.15) is 22.9 Å². The first kappa shape index (κ1) is 19.9. The molecule has 1 amide bonds. The first-order chi connectivity index (χ1) is 13.3. The van der Waals surface area contributed by atoms with Gasteiger partial charge >= 0.3 is 0 Å². The number of halogens is 2. The highest BCUT2D eigenvalue weighted by Gasteiger charge is 2.28. The van der Waals surface area contributed by atoms with E-state index in [4.69, 9.17) is 0 Å². The van der Waals surface area contributed by atoms with Gasteiger partial charge in [-0.2, -0.15) is 12.6 Å². The maximum Gasteiger partial charge on any atom is 0.267 e. The normalized spacial score (nSPS) is 11.0. The van der Waals surface area contributed by atoms with Crippen molar-refractivity contribution in [3.05, 3.63) is 69.5 Å². The lowest BCUT2D eigenvalue weighted by molar-refractivity contribution is 0.0983. The van der Waals surface area contributed by atoms with Crippen molar-refractivity contribution < 1.29 is 18.7 Å². The molecule has 146 valence electrons. The Balaban J connectivity index is 2.27. The molecule has 1 N–H and O–H groups in total. The van der Waals surface area contributed by atoms with E-state index >= 15 is 0 Å². The lowest BCUT2D eigenvalue weighted by Crippen LogP contribution is -2.37. The fourth-order valence-electron chi connectivity index (χ4n) is 3.23. The number of aromatic hydroxyl groups is 1. The average molecular weight is 404 g/mol. The summed E-state index contributed by atoms with van der Waals surface area (Å²) in [5, 5.41) is 11.1. The number of nitrogens with zero attached hydrogens (tertiary/aromatic N) is 2.